The molecule has 0 bridgehead atoms. The summed E-state index contributed by atoms with van der Waals surface area (Å²) < 4.78 is 18.7. The maximum absolute atomic E-state index is 13.7. The number of aromatic nitrogens is 5. The molecule has 0 amide bonds. The van der Waals surface area contributed by atoms with Gasteiger partial charge in [0.1, 0.15) is 17.0 Å². The quantitative estimate of drug-likeness (QED) is 0.573. The molecule has 0 N–H and O–H groups in total. The van der Waals surface area contributed by atoms with Gasteiger partial charge in [0.15, 0.2) is 0 Å². The van der Waals surface area contributed by atoms with Crippen molar-refractivity contribution in [2.24, 2.45) is 7.05 Å². The van der Waals surface area contributed by atoms with E-state index in [1.54, 1.807) is 39.8 Å². The molecule has 0 aliphatic rings. The summed E-state index contributed by atoms with van der Waals surface area (Å²) in [6, 6.07) is 10.4. The number of hydrogen-bond donors (Lipinski definition) is 0. The van der Waals surface area contributed by atoms with Gasteiger partial charge in [0, 0.05) is 30.4 Å². The van der Waals surface area contributed by atoms with Crippen LogP contribution in [0.2, 0.25) is 0 Å². The Balaban J connectivity index is 1.59. The van der Waals surface area contributed by atoms with Gasteiger partial charge in [-0.3, -0.25) is 4.79 Å². The summed E-state index contributed by atoms with van der Waals surface area (Å²) in [7, 11) is 1.85. The van der Waals surface area contributed by atoms with Crippen LogP contribution in [0.1, 0.15) is 11.3 Å². The third-order valence-electron chi connectivity index (χ3n) is 4.21. The SMILES string of the molecule is Cn1ccc2ccn(Cc3cn(Cc4ccccc4F)nn3)c(=O)c21. The Labute approximate surface area is 142 Å². The molecule has 6 nitrogen and oxygen atoms in total. The zero-order valence-electron chi connectivity index (χ0n) is 13.6. The predicted octanol–water partition coefficient (Wildman–Crippen LogP) is 2.17. The fourth-order valence-electron chi connectivity index (χ4n) is 2.92. The average molecular weight is 337 g/mol. The van der Waals surface area contributed by atoms with E-state index in [4.69, 9.17) is 0 Å². The van der Waals surface area contributed by atoms with E-state index < -0.39 is 0 Å². The van der Waals surface area contributed by atoms with Crippen LogP contribution in [0.3, 0.4) is 0 Å². The number of halogens is 1. The molecule has 3 aromatic heterocycles. The molecule has 4 aromatic rings. The van der Waals surface area contributed by atoms with Crippen molar-refractivity contribution in [3.05, 3.63) is 82.4 Å². The highest BCUT2D eigenvalue weighted by molar-refractivity contribution is 5.78. The first-order valence-corrected chi connectivity index (χ1v) is 7.89. The zero-order chi connectivity index (χ0) is 17.4. The minimum atomic E-state index is -0.273. The van der Waals surface area contributed by atoms with Gasteiger partial charge in [0.2, 0.25) is 0 Å². The lowest BCUT2D eigenvalue weighted by atomic mass is 10.2. The largest absolute Gasteiger partial charge is 0.346 e. The van der Waals surface area contributed by atoms with Crippen LogP contribution in [-0.4, -0.2) is 24.1 Å². The van der Waals surface area contributed by atoms with Crippen LogP contribution < -0.4 is 5.56 Å². The van der Waals surface area contributed by atoms with Crippen LogP contribution in [0.5, 0.6) is 0 Å². The molecule has 0 spiro atoms. The van der Waals surface area contributed by atoms with Crippen molar-refractivity contribution >= 4 is 10.9 Å². The van der Waals surface area contributed by atoms with E-state index in [1.165, 1.54) is 6.07 Å². The van der Waals surface area contributed by atoms with Gasteiger partial charge in [-0.2, -0.15) is 0 Å². The van der Waals surface area contributed by atoms with Crippen molar-refractivity contribution in [1.82, 2.24) is 24.1 Å². The summed E-state index contributed by atoms with van der Waals surface area (Å²) in [5.74, 6) is -0.273. The molecule has 0 aliphatic carbocycles. The molecule has 7 heteroatoms. The van der Waals surface area contributed by atoms with Gasteiger partial charge in [-0.25, -0.2) is 9.07 Å². The summed E-state index contributed by atoms with van der Waals surface area (Å²) in [5.41, 5.74) is 1.77. The minimum absolute atomic E-state index is 0.0753. The van der Waals surface area contributed by atoms with E-state index in [0.717, 1.165) is 5.39 Å². The molecule has 25 heavy (non-hydrogen) atoms. The molecular formula is C18H16FN5O. The van der Waals surface area contributed by atoms with E-state index >= 15 is 0 Å². The van der Waals surface area contributed by atoms with Gasteiger partial charge in [-0.15, -0.1) is 5.10 Å². The second-order valence-corrected chi connectivity index (χ2v) is 5.98. The second-order valence-electron chi connectivity index (χ2n) is 5.98. The van der Waals surface area contributed by atoms with Gasteiger partial charge in [0.05, 0.1) is 19.3 Å². The highest BCUT2D eigenvalue weighted by Crippen LogP contribution is 2.11. The fraction of sp³-hybridized carbons (Fsp3) is 0.167. The van der Waals surface area contributed by atoms with E-state index in [0.29, 0.717) is 29.9 Å². The van der Waals surface area contributed by atoms with E-state index in [2.05, 4.69) is 10.3 Å². The van der Waals surface area contributed by atoms with Gasteiger partial charge >= 0.3 is 0 Å². The number of nitrogens with zero attached hydrogens (tertiary/aromatic N) is 5. The van der Waals surface area contributed by atoms with E-state index in [9.17, 15) is 9.18 Å². The molecule has 0 atom stereocenters. The van der Waals surface area contributed by atoms with Crippen molar-refractivity contribution in [3.63, 3.8) is 0 Å². The first-order chi connectivity index (χ1) is 12.1. The summed E-state index contributed by atoms with van der Waals surface area (Å²) >= 11 is 0. The Morgan fingerprint density at radius 1 is 1.08 bits per heavy atom. The lowest BCUT2D eigenvalue weighted by molar-refractivity contribution is 0.577. The highest BCUT2D eigenvalue weighted by Gasteiger charge is 2.09. The normalized spacial score (nSPS) is 11.3. The zero-order valence-corrected chi connectivity index (χ0v) is 13.6. The molecule has 1 aromatic carbocycles. The number of hydrogen-bond acceptors (Lipinski definition) is 3. The predicted molar refractivity (Wildman–Crippen MR) is 91.8 cm³/mol. The second kappa shape index (κ2) is 6.01. The number of benzene rings is 1. The van der Waals surface area contributed by atoms with Crippen molar-refractivity contribution in [2.45, 2.75) is 13.1 Å². The fourth-order valence-corrected chi connectivity index (χ4v) is 2.92. The summed E-state index contributed by atoms with van der Waals surface area (Å²) in [6.45, 7) is 0.614. The van der Waals surface area contributed by atoms with Crippen molar-refractivity contribution in [2.75, 3.05) is 0 Å². The molecule has 0 aliphatic heterocycles. The molecular weight excluding hydrogens is 321 g/mol. The number of rotatable bonds is 4. The van der Waals surface area contributed by atoms with Crippen LogP contribution in [-0.2, 0) is 20.1 Å². The van der Waals surface area contributed by atoms with Crippen LogP contribution in [0.25, 0.3) is 10.9 Å². The Morgan fingerprint density at radius 2 is 1.88 bits per heavy atom. The Morgan fingerprint density at radius 3 is 2.72 bits per heavy atom. The number of fused-ring (bicyclic) bond motifs is 1. The monoisotopic (exact) mass is 337 g/mol. The summed E-state index contributed by atoms with van der Waals surface area (Å²) in [4.78, 5) is 12.6. The van der Waals surface area contributed by atoms with E-state index in [-0.39, 0.29) is 11.4 Å². The first-order valence-electron chi connectivity index (χ1n) is 7.89. The Bertz CT molecular complexity index is 1110. The summed E-state index contributed by atoms with van der Waals surface area (Å²) in [6.07, 6.45) is 5.34. The minimum Gasteiger partial charge on any atom is -0.346 e. The van der Waals surface area contributed by atoms with Crippen molar-refractivity contribution in [1.29, 1.82) is 0 Å². The Kier molecular flexibility index (Phi) is 3.68. The molecule has 4 rings (SSSR count). The average Bonchev–Trinajstić information content (AvgIpc) is 3.19. The standard InChI is InChI=1S/C18H16FN5O/c1-22-8-6-13-7-9-23(18(25)17(13)22)11-15-12-24(21-20-15)10-14-4-2-3-5-16(14)19/h2-9,12H,10-11H2,1H3. The lowest BCUT2D eigenvalue weighted by Crippen LogP contribution is -2.21. The molecule has 126 valence electrons. The highest BCUT2D eigenvalue weighted by atomic mass is 19.1. The third kappa shape index (κ3) is 2.84. The van der Waals surface area contributed by atoms with Crippen LogP contribution >= 0.6 is 0 Å². The van der Waals surface area contributed by atoms with Crippen molar-refractivity contribution in [3.8, 4) is 0 Å². The maximum Gasteiger partial charge on any atom is 0.275 e. The lowest BCUT2D eigenvalue weighted by Gasteiger charge is -2.04. The molecule has 0 fully saturated rings. The molecule has 0 saturated heterocycles. The third-order valence-corrected chi connectivity index (χ3v) is 4.21. The topological polar surface area (TPSA) is 57.6 Å². The Hall–Kier alpha value is -3.22. The van der Waals surface area contributed by atoms with Crippen LogP contribution in [0.4, 0.5) is 4.39 Å². The molecule has 3 heterocycles. The van der Waals surface area contributed by atoms with Gasteiger partial charge < -0.3 is 9.13 Å². The molecule has 0 radical (unpaired) electrons. The molecule has 0 saturated carbocycles. The van der Waals surface area contributed by atoms with Crippen LogP contribution in [0, 0.1) is 5.82 Å². The van der Waals surface area contributed by atoms with Gasteiger partial charge in [0.25, 0.3) is 5.56 Å². The number of aryl methyl sites for hydroxylation is 1. The van der Waals surface area contributed by atoms with E-state index in [1.807, 2.05) is 29.9 Å². The smallest absolute Gasteiger partial charge is 0.275 e. The van der Waals surface area contributed by atoms with Crippen molar-refractivity contribution < 1.29 is 4.39 Å². The van der Waals surface area contributed by atoms with Crippen LogP contribution in [0.15, 0.2) is 59.8 Å². The first kappa shape index (κ1) is 15.3. The van der Waals surface area contributed by atoms with Gasteiger partial charge in [-0.1, -0.05) is 23.4 Å². The number of pyridine rings is 1. The van der Waals surface area contributed by atoms with Gasteiger partial charge in [-0.05, 0) is 18.2 Å². The molecule has 0 unspecified atom stereocenters. The maximum atomic E-state index is 13.7. The summed E-state index contributed by atoms with van der Waals surface area (Å²) in [5, 5.41) is 9.03.